The Hall–Kier alpha value is -1.06. The summed E-state index contributed by atoms with van der Waals surface area (Å²) in [5.41, 5.74) is 4.76. The molecule has 0 radical (unpaired) electrons. The summed E-state index contributed by atoms with van der Waals surface area (Å²) in [4.78, 5) is 0. The summed E-state index contributed by atoms with van der Waals surface area (Å²) in [6.07, 6.45) is 0. The predicted octanol–water partition coefficient (Wildman–Crippen LogP) is 4.21. The van der Waals surface area contributed by atoms with Crippen molar-refractivity contribution in [3.05, 3.63) is 40.9 Å². The molecule has 1 saturated heterocycles. The van der Waals surface area contributed by atoms with Crippen molar-refractivity contribution in [3.63, 3.8) is 0 Å². The lowest BCUT2D eigenvalue weighted by Crippen LogP contribution is -2.41. The Morgan fingerprint density at radius 3 is 2.10 bits per heavy atom. The van der Waals surface area contributed by atoms with E-state index in [4.69, 9.17) is 9.31 Å². The maximum Gasteiger partial charge on any atom is 0.491 e. The highest BCUT2D eigenvalue weighted by molar-refractivity contribution is 6.57. The average Bonchev–Trinajstić information content (AvgIpc) is 2.72. The Morgan fingerprint density at radius 1 is 1.00 bits per heavy atom. The zero-order chi connectivity index (χ0) is 14.7. The van der Waals surface area contributed by atoms with Crippen molar-refractivity contribution in [2.75, 3.05) is 0 Å². The molecule has 2 aliphatic rings. The molecule has 1 unspecified atom stereocenters. The molecular weight excluding hydrogens is 247 g/mol. The van der Waals surface area contributed by atoms with Crippen molar-refractivity contribution in [1.82, 2.24) is 0 Å². The van der Waals surface area contributed by atoms with Crippen molar-refractivity contribution in [2.45, 2.75) is 58.7 Å². The van der Waals surface area contributed by atoms with Gasteiger partial charge in [-0.05, 0) is 56.8 Å². The van der Waals surface area contributed by atoms with Crippen LogP contribution in [0.4, 0.5) is 0 Å². The Bertz CT molecular complexity index is 570. The molecule has 0 saturated carbocycles. The van der Waals surface area contributed by atoms with Crippen LogP contribution in [0.25, 0.3) is 5.57 Å². The van der Waals surface area contributed by atoms with E-state index < -0.39 is 0 Å². The summed E-state index contributed by atoms with van der Waals surface area (Å²) in [7, 11) is -0.234. The van der Waals surface area contributed by atoms with E-state index in [0.29, 0.717) is 5.92 Å². The van der Waals surface area contributed by atoms with Gasteiger partial charge in [-0.3, -0.25) is 0 Å². The molecule has 20 heavy (non-hydrogen) atoms. The first-order valence-electron chi connectivity index (χ1n) is 7.40. The van der Waals surface area contributed by atoms with Gasteiger partial charge in [-0.15, -0.1) is 0 Å². The van der Waals surface area contributed by atoms with E-state index in [2.05, 4.69) is 65.8 Å². The normalized spacial score (nSPS) is 27.1. The van der Waals surface area contributed by atoms with E-state index in [1.54, 1.807) is 0 Å². The zero-order valence-electron chi connectivity index (χ0n) is 13.3. The monoisotopic (exact) mass is 270 g/mol. The molecule has 0 aromatic heterocycles. The number of fused-ring (bicyclic) bond motifs is 1. The first kappa shape index (κ1) is 13.9. The second-order valence-corrected chi connectivity index (χ2v) is 6.98. The molecule has 1 atom stereocenters. The van der Waals surface area contributed by atoms with Gasteiger partial charge in [-0.1, -0.05) is 31.2 Å². The van der Waals surface area contributed by atoms with Crippen LogP contribution in [-0.2, 0) is 9.31 Å². The molecule has 1 aliphatic carbocycles. The van der Waals surface area contributed by atoms with Crippen molar-refractivity contribution in [2.24, 2.45) is 0 Å². The van der Waals surface area contributed by atoms with Crippen LogP contribution in [0.5, 0.6) is 0 Å². The first-order chi connectivity index (χ1) is 9.24. The van der Waals surface area contributed by atoms with Gasteiger partial charge in [0.2, 0.25) is 0 Å². The van der Waals surface area contributed by atoms with Gasteiger partial charge in [0.05, 0.1) is 11.2 Å². The van der Waals surface area contributed by atoms with Crippen LogP contribution >= 0.6 is 0 Å². The summed E-state index contributed by atoms with van der Waals surface area (Å²) in [6.45, 7) is 12.9. The van der Waals surface area contributed by atoms with Gasteiger partial charge in [-0.2, -0.15) is 0 Å². The summed E-state index contributed by atoms with van der Waals surface area (Å²) >= 11 is 0. The maximum atomic E-state index is 6.24. The second kappa shape index (κ2) is 4.22. The number of benzene rings is 1. The molecular formula is C17H23BO2. The molecule has 0 N–H and O–H groups in total. The summed E-state index contributed by atoms with van der Waals surface area (Å²) in [5, 5.41) is 0. The Morgan fingerprint density at radius 2 is 1.55 bits per heavy atom. The minimum atomic E-state index is -0.278. The van der Waals surface area contributed by atoms with Gasteiger partial charge in [0, 0.05) is 5.92 Å². The SMILES string of the molecule is CC1=C(B2OC(C)(C)C(C)(C)O2)C(C)c2ccccc21. The van der Waals surface area contributed by atoms with Crippen molar-refractivity contribution >= 4 is 12.7 Å². The van der Waals surface area contributed by atoms with Gasteiger partial charge in [0.1, 0.15) is 0 Å². The predicted molar refractivity (Wildman–Crippen MR) is 83.5 cm³/mol. The quantitative estimate of drug-likeness (QED) is 0.712. The number of hydrogen-bond acceptors (Lipinski definition) is 2. The Kier molecular flexibility index (Phi) is 2.93. The highest BCUT2D eigenvalue weighted by atomic mass is 16.7. The van der Waals surface area contributed by atoms with Crippen molar-refractivity contribution in [3.8, 4) is 0 Å². The zero-order valence-corrected chi connectivity index (χ0v) is 13.3. The fourth-order valence-corrected chi connectivity index (χ4v) is 3.21. The van der Waals surface area contributed by atoms with Gasteiger partial charge in [-0.25, -0.2) is 0 Å². The molecule has 106 valence electrons. The van der Waals surface area contributed by atoms with Gasteiger partial charge < -0.3 is 9.31 Å². The molecule has 1 fully saturated rings. The van der Waals surface area contributed by atoms with E-state index in [9.17, 15) is 0 Å². The standard InChI is InChI=1S/C17H23BO2/c1-11-13-9-7-8-10-14(13)12(2)15(11)18-19-16(3,4)17(5,6)20-18/h7-11H,1-6H3. The summed E-state index contributed by atoms with van der Waals surface area (Å²) < 4.78 is 12.5. The Labute approximate surface area is 122 Å². The fraction of sp³-hybridized carbons (Fsp3) is 0.529. The number of hydrogen-bond donors (Lipinski definition) is 0. The smallest absolute Gasteiger partial charge is 0.400 e. The van der Waals surface area contributed by atoms with E-state index in [0.717, 1.165) is 0 Å². The number of allylic oxidation sites excluding steroid dienone is 2. The molecule has 3 rings (SSSR count). The van der Waals surface area contributed by atoms with E-state index in [-0.39, 0.29) is 18.3 Å². The highest BCUT2D eigenvalue weighted by Gasteiger charge is 2.54. The lowest BCUT2D eigenvalue weighted by atomic mass is 9.71. The van der Waals surface area contributed by atoms with E-state index in [1.165, 1.54) is 22.2 Å². The van der Waals surface area contributed by atoms with Crippen LogP contribution in [0, 0.1) is 0 Å². The summed E-state index contributed by atoms with van der Waals surface area (Å²) in [6, 6.07) is 8.61. The molecule has 1 aromatic rings. The van der Waals surface area contributed by atoms with Crippen LogP contribution in [0.2, 0.25) is 0 Å². The molecule has 3 heteroatoms. The molecule has 2 nitrogen and oxygen atoms in total. The third kappa shape index (κ3) is 1.80. The van der Waals surface area contributed by atoms with Crippen LogP contribution in [0.3, 0.4) is 0 Å². The Balaban J connectivity index is 2.00. The largest absolute Gasteiger partial charge is 0.491 e. The van der Waals surface area contributed by atoms with E-state index in [1.807, 2.05) is 0 Å². The van der Waals surface area contributed by atoms with Crippen LogP contribution in [0.1, 0.15) is 58.6 Å². The maximum absolute atomic E-state index is 6.24. The highest BCUT2D eigenvalue weighted by Crippen LogP contribution is 2.47. The topological polar surface area (TPSA) is 18.5 Å². The van der Waals surface area contributed by atoms with Crippen molar-refractivity contribution < 1.29 is 9.31 Å². The van der Waals surface area contributed by atoms with Gasteiger partial charge >= 0.3 is 7.12 Å². The lowest BCUT2D eigenvalue weighted by molar-refractivity contribution is 0.00578. The molecule has 1 aromatic carbocycles. The third-order valence-electron chi connectivity index (χ3n) is 5.24. The van der Waals surface area contributed by atoms with Crippen LogP contribution in [-0.4, -0.2) is 18.3 Å². The second-order valence-electron chi connectivity index (χ2n) is 6.98. The minimum absolute atomic E-state index is 0.234. The van der Waals surface area contributed by atoms with Gasteiger partial charge in [0.15, 0.2) is 0 Å². The molecule has 0 spiro atoms. The lowest BCUT2D eigenvalue weighted by Gasteiger charge is -2.32. The molecule has 1 heterocycles. The molecule has 0 bridgehead atoms. The fourth-order valence-electron chi connectivity index (χ4n) is 3.21. The molecule has 0 amide bonds. The third-order valence-corrected chi connectivity index (χ3v) is 5.24. The number of rotatable bonds is 1. The van der Waals surface area contributed by atoms with Gasteiger partial charge in [0.25, 0.3) is 0 Å². The van der Waals surface area contributed by atoms with Crippen LogP contribution < -0.4 is 0 Å². The van der Waals surface area contributed by atoms with Crippen LogP contribution in [0.15, 0.2) is 29.7 Å². The summed E-state index contributed by atoms with van der Waals surface area (Å²) in [5.74, 6) is 0.362. The average molecular weight is 270 g/mol. The van der Waals surface area contributed by atoms with Crippen molar-refractivity contribution in [1.29, 1.82) is 0 Å². The van der Waals surface area contributed by atoms with E-state index >= 15 is 0 Å². The molecule has 1 aliphatic heterocycles. The first-order valence-corrected chi connectivity index (χ1v) is 7.40. The minimum Gasteiger partial charge on any atom is -0.400 e.